The van der Waals surface area contributed by atoms with Crippen LogP contribution >= 0.6 is 11.6 Å². The molecule has 2 rings (SSSR count). The summed E-state index contributed by atoms with van der Waals surface area (Å²) in [5, 5.41) is 0.271. The Morgan fingerprint density at radius 2 is 1.88 bits per heavy atom. The van der Waals surface area contributed by atoms with Gasteiger partial charge in [0.1, 0.15) is 17.2 Å². The highest BCUT2D eigenvalue weighted by Crippen LogP contribution is 2.31. The van der Waals surface area contributed by atoms with Gasteiger partial charge in [-0.05, 0) is 30.5 Å². The van der Waals surface area contributed by atoms with Crippen LogP contribution in [-0.4, -0.2) is 4.98 Å². The summed E-state index contributed by atoms with van der Waals surface area (Å²) in [5.74, 6) is -0.932. The molecule has 0 aliphatic rings. The SMILES string of the molecule is Cc1cc(F)c2nc(C(C)C)cc(Cl)c2c1F. The van der Waals surface area contributed by atoms with Gasteiger partial charge in [-0.1, -0.05) is 25.4 Å². The number of hydrogen-bond donors (Lipinski definition) is 0. The van der Waals surface area contributed by atoms with E-state index in [1.807, 2.05) is 13.8 Å². The quantitative estimate of drug-likeness (QED) is 0.726. The molecule has 0 fully saturated rings. The van der Waals surface area contributed by atoms with Crippen LogP contribution in [0.1, 0.15) is 31.0 Å². The summed E-state index contributed by atoms with van der Waals surface area (Å²) >= 11 is 6.01. The van der Waals surface area contributed by atoms with Crippen molar-refractivity contribution in [3.05, 3.63) is 40.0 Å². The molecular formula is C13H12ClF2N. The predicted molar refractivity (Wildman–Crippen MR) is 65.5 cm³/mol. The molecule has 0 saturated heterocycles. The van der Waals surface area contributed by atoms with Gasteiger partial charge in [-0.3, -0.25) is 0 Å². The van der Waals surface area contributed by atoms with Crippen LogP contribution in [0.25, 0.3) is 10.9 Å². The van der Waals surface area contributed by atoms with Gasteiger partial charge < -0.3 is 0 Å². The van der Waals surface area contributed by atoms with Crippen molar-refractivity contribution in [3.8, 4) is 0 Å². The van der Waals surface area contributed by atoms with Gasteiger partial charge >= 0.3 is 0 Å². The summed E-state index contributed by atoms with van der Waals surface area (Å²) in [6.45, 7) is 5.35. The lowest BCUT2D eigenvalue weighted by Crippen LogP contribution is -1.98. The number of nitrogens with zero attached hydrogens (tertiary/aromatic N) is 1. The molecule has 1 heterocycles. The molecule has 0 amide bonds. The van der Waals surface area contributed by atoms with E-state index >= 15 is 0 Å². The van der Waals surface area contributed by atoms with Crippen molar-refractivity contribution in [3.63, 3.8) is 0 Å². The van der Waals surface area contributed by atoms with Gasteiger partial charge in [0.15, 0.2) is 0 Å². The maximum Gasteiger partial charge on any atom is 0.149 e. The standard InChI is InChI=1S/C13H12ClF2N/c1-6(2)10-5-8(14)11-12(16)7(3)4-9(15)13(11)17-10/h4-6H,1-3H3. The van der Waals surface area contributed by atoms with E-state index in [1.54, 1.807) is 6.07 Å². The molecule has 0 aliphatic carbocycles. The Bertz CT molecular complexity index is 594. The van der Waals surface area contributed by atoms with Crippen LogP contribution in [0.4, 0.5) is 8.78 Å². The molecule has 2 aromatic rings. The van der Waals surface area contributed by atoms with Crippen LogP contribution in [0.5, 0.6) is 0 Å². The zero-order valence-corrected chi connectivity index (χ0v) is 10.6. The fourth-order valence-corrected chi connectivity index (χ4v) is 2.01. The third-order valence-corrected chi connectivity index (χ3v) is 3.02. The Kier molecular flexibility index (Phi) is 3.04. The lowest BCUT2D eigenvalue weighted by atomic mass is 10.1. The smallest absolute Gasteiger partial charge is 0.149 e. The van der Waals surface area contributed by atoms with Crippen LogP contribution in [0.3, 0.4) is 0 Å². The molecule has 0 bridgehead atoms. The van der Waals surface area contributed by atoms with E-state index in [0.29, 0.717) is 5.69 Å². The van der Waals surface area contributed by atoms with Crippen LogP contribution in [0.2, 0.25) is 5.02 Å². The minimum atomic E-state index is -0.539. The second-order valence-electron chi connectivity index (χ2n) is 4.40. The highest BCUT2D eigenvalue weighted by atomic mass is 35.5. The minimum absolute atomic E-state index is 0.00398. The zero-order chi connectivity index (χ0) is 12.7. The molecule has 1 nitrogen and oxygen atoms in total. The highest BCUT2D eigenvalue weighted by Gasteiger charge is 2.16. The average Bonchev–Trinajstić information content (AvgIpc) is 2.25. The van der Waals surface area contributed by atoms with Gasteiger partial charge in [0.2, 0.25) is 0 Å². The van der Waals surface area contributed by atoms with E-state index < -0.39 is 11.6 Å². The number of fused-ring (bicyclic) bond motifs is 1. The maximum absolute atomic E-state index is 13.9. The van der Waals surface area contributed by atoms with E-state index in [0.717, 1.165) is 6.07 Å². The van der Waals surface area contributed by atoms with Gasteiger partial charge in [-0.15, -0.1) is 0 Å². The van der Waals surface area contributed by atoms with E-state index in [1.165, 1.54) is 6.92 Å². The topological polar surface area (TPSA) is 12.9 Å². The number of aryl methyl sites for hydroxylation is 1. The molecule has 0 N–H and O–H groups in total. The fourth-order valence-electron chi connectivity index (χ4n) is 1.73. The highest BCUT2D eigenvalue weighted by molar-refractivity contribution is 6.35. The Labute approximate surface area is 103 Å². The first-order chi connectivity index (χ1) is 7.91. The molecule has 0 saturated carbocycles. The van der Waals surface area contributed by atoms with E-state index in [2.05, 4.69) is 4.98 Å². The first kappa shape index (κ1) is 12.2. The monoisotopic (exact) mass is 255 g/mol. The molecule has 4 heteroatoms. The van der Waals surface area contributed by atoms with Crippen LogP contribution in [0.15, 0.2) is 12.1 Å². The predicted octanol–water partition coefficient (Wildman–Crippen LogP) is 4.60. The van der Waals surface area contributed by atoms with Crippen LogP contribution in [0, 0.1) is 18.6 Å². The van der Waals surface area contributed by atoms with E-state index in [-0.39, 0.29) is 27.4 Å². The summed E-state index contributed by atoms with van der Waals surface area (Å²) in [7, 11) is 0. The first-order valence-corrected chi connectivity index (χ1v) is 5.74. The van der Waals surface area contributed by atoms with Gasteiger partial charge in [-0.2, -0.15) is 0 Å². The number of aromatic nitrogens is 1. The van der Waals surface area contributed by atoms with Gasteiger partial charge in [0, 0.05) is 5.69 Å². The molecule has 1 aromatic heterocycles. The second-order valence-corrected chi connectivity index (χ2v) is 4.80. The molecule has 17 heavy (non-hydrogen) atoms. The van der Waals surface area contributed by atoms with Gasteiger partial charge in [-0.25, -0.2) is 13.8 Å². The Hall–Kier alpha value is -1.22. The summed E-state index contributed by atoms with van der Waals surface area (Å²) in [5.41, 5.74) is 0.893. The zero-order valence-electron chi connectivity index (χ0n) is 9.81. The number of hydrogen-bond acceptors (Lipinski definition) is 1. The number of pyridine rings is 1. The van der Waals surface area contributed by atoms with Gasteiger partial charge in [0.25, 0.3) is 0 Å². The summed E-state index contributed by atoms with van der Waals surface area (Å²) in [4.78, 5) is 4.14. The largest absolute Gasteiger partial charge is 0.249 e. The number of benzene rings is 1. The molecule has 0 atom stereocenters. The molecular weight excluding hydrogens is 244 g/mol. The molecule has 90 valence electrons. The fraction of sp³-hybridized carbons (Fsp3) is 0.308. The molecule has 0 unspecified atom stereocenters. The summed E-state index contributed by atoms with van der Waals surface area (Å²) in [6, 6.07) is 2.74. The van der Waals surface area contributed by atoms with Gasteiger partial charge in [0.05, 0.1) is 10.4 Å². The molecule has 0 radical (unpaired) electrons. The molecule has 1 aromatic carbocycles. The molecule has 0 spiro atoms. The lowest BCUT2D eigenvalue weighted by molar-refractivity contribution is 0.607. The second kappa shape index (κ2) is 4.22. The third kappa shape index (κ3) is 2.00. The minimum Gasteiger partial charge on any atom is -0.249 e. The van der Waals surface area contributed by atoms with Crippen molar-refractivity contribution in [1.82, 2.24) is 4.98 Å². The van der Waals surface area contributed by atoms with E-state index in [4.69, 9.17) is 11.6 Å². The van der Waals surface area contributed by atoms with Crippen LogP contribution < -0.4 is 0 Å². The number of rotatable bonds is 1. The average molecular weight is 256 g/mol. The van der Waals surface area contributed by atoms with E-state index in [9.17, 15) is 8.78 Å². The van der Waals surface area contributed by atoms with Crippen molar-refractivity contribution in [2.75, 3.05) is 0 Å². The lowest BCUT2D eigenvalue weighted by Gasteiger charge is -2.10. The normalized spacial score (nSPS) is 11.5. The Balaban J connectivity index is 2.90. The van der Waals surface area contributed by atoms with Crippen molar-refractivity contribution in [1.29, 1.82) is 0 Å². The number of halogens is 3. The van der Waals surface area contributed by atoms with Crippen LogP contribution in [-0.2, 0) is 0 Å². The summed E-state index contributed by atoms with van der Waals surface area (Å²) < 4.78 is 27.6. The first-order valence-electron chi connectivity index (χ1n) is 5.36. The summed E-state index contributed by atoms with van der Waals surface area (Å²) in [6.07, 6.45) is 0. The Morgan fingerprint density at radius 3 is 2.47 bits per heavy atom. The van der Waals surface area contributed by atoms with Crippen molar-refractivity contribution >= 4 is 22.5 Å². The van der Waals surface area contributed by atoms with Crippen molar-refractivity contribution in [2.45, 2.75) is 26.7 Å². The third-order valence-electron chi connectivity index (χ3n) is 2.72. The Morgan fingerprint density at radius 1 is 1.24 bits per heavy atom. The van der Waals surface area contributed by atoms with Crippen molar-refractivity contribution < 1.29 is 8.78 Å². The van der Waals surface area contributed by atoms with Crippen molar-refractivity contribution in [2.24, 2.45) is 0 Å². The molecule has 0 aliphatic heterocycles. The maximum atomic E-state index is 13.9.